The van der Waals surface area contributed by atoms with Gasteiger partial charge in [0.05, 0.1) is 12.7 Å². The van der Waals surface area contributed by atoms with Gasteiger partial charge in [0.25, 0.3) is 0 Å². The smallest absolute Gasteiger partial charge is 0.304 e. The number of para-hydroxylation sites is 1. The van der Waals surface area contributed by atoms with Crippen molar-refractivity contribution >= 4 is 16.9 Å². The number of hydrogen-bond donors (Lipinski definition) is 1. The van der Waals surface area contributed by atoms with Crippen LogP contribution in [0.25, 0.3) is 11.0 Å². The molecule has 0 spiro atoms. The van der Waals surface area contributed by atoms with Crippen molar-refractivity contribution in [1.82, 2.24) is 0 Å². The number of rotatable bonds is 3. The van der Waals surface area contributed by atoms with Gasteiger partial charge in [0.15, 0.2) is 0 Å². The second-order valence-corrected chi connectivity index (χ2v) is 4.50. The van der Waals surface area contributed by atoms with Crippen LogP contribution in [-0.2, 0) is 10.2 Å². The summed E-state index contributed by atoms with van der Waals surface area (Å²) >= 11 is 0. The second-order valence-electron chi connectivity index (χ2n) is 4.50. The summed E-state index contributed by atoms with van der Waals surface area (Å²) in [6, 6.07) is 7.79. The normalized spacial score (nSPS) is 17.5. The minimum Gasteiger partial charge on any atom is -0.481 e. The molecular weight excluding hydrogens is 204 g/mol. The highest BCUT2D eigenvalue weighted by Crippen LogP contribution is 2.53. The van der Waals surface area contributed by atoms with Crippen molar-refractivity contribution < 1.29 is 14.3 Å². The molecule has 1 heterocycles. The van der Waals surface area contributed by atoms with E-state index < -0.39 is 5.97 Å². The van der Waals surface area contributed by atoms with Crippen LogP contribution in [0.1, 0.15) is 24.8 Å². The zero-order chi connectivity index (χ0) is 11.2. The van der Waals surface area contributed by atoms with E-state index in [1.54, 1.807) is 6.26 Å². The molecule has 3 rings (SSSR count). The lowest BCUT2D eigenvalue weighted by molar-refractivity contribution is -0.137. The molecule has 1 aliphatic rings. The van der Waals surface area contributed by atoms with Gasteiger partial charge in [-0.25, -0.2) is 0 Å². The molecule has 2 aromatic rings. The van der Waals surface area contributed by atoms with Crippen LogP contribution < -0.4 is 0 Å². The number of furan rings is 1. The zero-order valence-electron chi connectivity index (χ0n) is 8.77. The fourth-order valence-corrected chi connectivity index (χ4v) is 2.37. The molecule has 0 radical (unpaired) electrons. The molecular formula is C13H12O3. The third-order valence-electron chi connectivity index (χ3n) is 3.40. The molecule has 0 atom stereocenters. The lowest BCUT2D eigenvalue weighted by Gasteiger charge is -2.09. The predicted molar refractivity (Wildman–Crippen MR) is 59.4 cm³/mol. The first-order chi connectivity index (χ1) is 7.71. The first-order valence-electron chi connectivity index (χ1n) is 5.40. The molecule has 16 heavy (non-hydrogen) atoms. The second kappa shape index (κ2) is 3.11. The SMILES string of the molecule is O=C(O)CC1(c2coc3ccccc23)CC1. The highest BCUT2D eigenvalue weighted by molar-refractivity contribution is 5.84. The van der Waals surface area contributed by atoms with Gasteiger partial charge < -0.3 is 9.52 Å². The molecule has 0 saturated heterocycles. The van der Waals surface area contributed by atoms with Crippen molar-refractivity contribution in [3.63, 3.8) is 0 Å². The van der Waals surface area contributed by atoms with Gasteiger partial charge in [0, 0.05) is 16.4 Å². The summed E-state index contributed by atoms with van der Waals surface area (Å²) in [5.41, 5.74) is 1.73. The Hall–Kier alpha value is -1.77. The molecule has 1 fully saturated rings. The van der Waals surface area contributed by atoms with Crippen LogP contribution in [0, 0.1) is 0 Å². The van der Waals surface area contributed by atoms with Gasteiger partial charge in [-0.3, -0.25) is 4.79 Å². The Morgan fingerprint density at radius 2 is 2.12 bits per heavy atom. The standard InChI is InChI=1S/C13H12O3/c14-12(15)7-13(5-6-13)10-8-16-11-4-2-1-3-9(10)11/h1-4,8H,5-7H2,(H,14,15). The van der Waals surface area contributed by atoms with Crippen LogP contribution in [0.4, 0.5) is 0 Å². The molecule has 1 aromatic heterocycles. The Bertz CT molecular complexity index is 549. The maximum Gasteiger partial charge on any atom is 0.304 e. The van der Waals surface area contributed by atoms with Crippen LogP contribution in [0.3, 0.4) is 0 Å². The van der Waals surface area contributed by atoms with Gasteiger partial charge in [0.1, 0.15) is 5.58 Å². The van der Waals surface area contributed by atoms with E-state index in [2.05, 4.69) is 0 Å². The van der Waals surface area contributed by atoms with Crippen molar-refractivity contribution in [2.75, 3.05) is 0 Å². The van der Waals surface area contributed by atoms with E-state index in [1.165, 1.54) is 0 Å². The van der Waals surface area contributed by atoms with E-state index in [9.17, 15) is 4.79 Å². The lowest BCUT2D eigenvalue weighted by Crippen LogP contribution is -2.12. The number of fused-ring (bicyclic) bond motifs is 1. The van der Waals surface area contributed by atoms with E-state index in [-0.39, 0.29) is 11.8 Å². The van der Waals surface area contributed by atoms with Gasteiger partial charge in [-0.2, -0.15) is 0 Å². The molecule has 0 aliphatic heterocycles. The Morgan fingerprint density at radius 3 is 2.81 bits per heavy atom. The third kappa shape index (κ3) is 1.32. The predicted octanol–water partition coefficient (Wildman–Crippen LogP) is 2.94. The Kier molecular flexibility index (Phi) is 1.84. The van der Waals surface area contributed by atoms with Gasteiger partial charge in [-0.15, -0.1) is 0 Å². The van der Waals surface area contributed by atoms with Crippen molar-refractivity contribution in [2.24, 2.45) is 0 Å². The highest BCUT2D eigenvalue weighted by Gasteiger charge is 2.47. The summed E-state index contributed by atoms with van der Waals surface area (Å²) in [5.74, 6) is -0.734. The van der Waals surface area contributed by atoms with Gasteiger partial charge >= 0.3 is 5.97 Å². The molecule has 1 aromatic carbocycles. The molecule has 3 heteroatoms. The average molecular weight is 216 g/mol. The number of aliphatic carboxylic acids is 1. The van der Waals surface area contributed by atoms with Crippen molar-refractivity contribution in [2.45, 2.75) is 24.7 Å². The first-order valence-corrected chi connectivity index (χ1v) is 5.40. The maximum atomic E-state index is 10.9. The summed E-state index contributed by atoms with van der Waals surface area (Å²) in [7, 11) is 0. The molecule has 1 saturated carbocycles. The van der Waals surface area contributed by atoms with Crippen molar-refractivity contribution in [3.05, 3.63) is 36.1 Å². The number of carboxylic acids is 1. The topological polar surface area (TPSA) is 50.4 Å². The molecule has 0 amide bonds. The van der Waals surface area contributed by atoms with Gasteiger partial charge in [0.2, 0.25) is 0 Å². The van der Waals surface area contributed by atoms with E-state index in [4.69, 9.17) is 9.52 Å². The highest BCUT2D eigenvalue weighted by atomic mass is 16.4. The summed E-state index contributed by atoms with van der Waals surface area (Å²) in [6.45, 7) is 0. The van der Waals surface area contributed by atoms with Crippen LogP contribution in [0.2, 0.25) is 0 Å². The summed E-state index contributed by atoms with van der Waals surface area (Å²) < 4.78 is 5.46. The molecule has 0 unspecified atom stereocenters. The summed E-state index contributed by atoms with van der Waals surface area (Å²) in [4.78, 5) is 10.9. The summed E-state index contributed by atoms with van der Waals surface area (Å²) in [6.07, 6.45) is 3.82. The minimum atomic E-state index is -0.734. The lowest BCUT2D eigenvalue weighted by atomic mass is 9.92. The quantitative estimate of drug-likeness (QED) is 0.858. The largest absolute Gasteiger partial charge is 0.481 e. The maximum absolute atomic E-state index is 10.9. The van der Waals surface area contributed by atoms with Crippen LogP contribution in [0.5, 0.6) is 0 Å². The fraction of sp³-hybridized carbons (Fsp3) is 0.308. The Morgan fingerprint density at radius 1 is 1.38 bits per heavy atom. The third-order valence-corrected chi connectivity index (χ3v) is 3.40. The molecule has 1 aliphatic carbocycles. The number of hydrogen-bond acceptors (Lipinski definition) is 2. The van der Waals surface area contributed by atoms with Gasteiger partial charge in [-0.1, -0.05) is 18.2 Å². The van der Waals surface area contributed by atoms with Crippen LogP contribution >= 0.6 is 0 Å². The summed E-state index contributed by atoms with van der Waals surface area (Å²) in [5, 5.41) is 9.99. The van der Waals surface area contributed by atoms with Gasteiger partial charge in [-0.05, 0) is 18.9 Å². The van der Waals surface area contributed by atoms with E-state index in [1.807, 2.05) is 24.3 Å². The molecule has 0 bridgehead atoms. The van der Waals surface area contributed by atoms with Crippen molar-refractivity contribution in [1.29, 1.82) is 0 Å². The fourth-order valence-electron chi connectivity index (χ4n) is 2.37. The Balaban J connectivity index is 2.09. The number of carbonyl (C=O) groups is 1. The first kappa shape index (κ1) is 9.46. The average Bonchev–Trinajstić information content (AvgIpc) is 2.89. The zero-order valence-corrected chi connectivity index (χ0v) is 8.77. The molecule has 1 N–H and O–H groups in total. The Labute approximate surface area is 92.7 Å². The van der Waals surface area contributed by atoms with Crippen molar-refractivity contribution in [3.8, 4) is 0 Å². The monoisotopic (exact) mass is 216 g/mol. The van der Waals surface area contributed by atoms with E-state index in [0.29, 0.717) is 0 Å². The van der Waals surface area contributed by atoms with E-state index in [0.717, 1.165) is 29.4 Å². The number of benzene rings is 1. The minimum absolute atomic E-state index is 0.168. The van der Waals surface area contributed by atoms with E-state index >= 15 is 0 Å². The molecule has 3 nitrogen and oxygen atoms in total. The molecule has 82 valence electrons. The number of carboxylic acid groups (broad SMARTS) is 1. The van der Waals surface area contributed by atoms with Crippen LogP contribution in [-0.4, -0.2) is 11.1 Å². The van der Waals surface area contributed by atoms with Crippen LogP contribution in [0.15, 0.2) is 34.9 Å².